The highest BCUT2D eigenvalue weighted by Crippen LogP contribution is 2.33. The lowest BCUT2D eigenvalue weighted by molar-refractivity contribution is 0.0168. The van der Waals surface area contributed by atoms with Gasteiger partial charge in [0, 0.05) is 19.1 Å². The number of rotatable bonds is 6. The number of likely N-dealkylation sites (tertiary alicyclic amines) is 1. The Morgan fingerprint density at radius 3 is 2.49 bits per heavy atom. The van der Waals surface area contributed by atoms with Crippen molar-refractivity contribution in [2.45, 2.75) is 51.8 Å². The van der Waals surface area contributed by atoms with Crippen molar-refractivity contribution in [2.24, 2.45) is 5.92 Å². The number of imidazole rings is 1. The standard InChI is InChI=1S/C32H33Cl2N5O2/c1-32(2,3)41-31(40)39-13-11-23(12-14-39)30(36-19-29-37-27-16-25(33)26(34)17-28(27)38-29)22-9-7-21(8-10-22)24-6-4-5-20(15-24)18-35/h4-10,15-17,23,30,36H,11-14,19H2,1-3H3,(H,37,38). The van der Waals surface area contributed by atoms with Crippen LogP contribution in [0.3, 0.4) is 0 Å². The Bertz CT molecular complexity index is 1540. The van der Waals surface area contributed by atoms with Gasteiger partial charge in [-0.2, -0.15) is 5.26 Å². The predicted octanol–water partition coefficient (Wildman–Crippen LogP) is 7.89. The largest absolute Gasteiger partial charge is 0.444 e. The quantitative estimate of drug-likeness (QED) is 0.238. The molecule has 41 heavy (non-hydrogen) atoms. The summed E-state index contributed by atoms with van der Waals surface area (Å²) in [6.45, 7) is 7.46. The first kappa shape index (κ1) is 28.9. The molecule has 2 heterocycles. The van der Waals surface area contributed by atoms with Crippen LogP contribution < -0.4 is 5.32 Å². The third-order valence-electron chi connectivity index (χ3n) is 7.32. The monoisotopic (exact) mass is 589 g/mol. The molecule has 0 aliphatic carbocycles. The number of piperidine rings is 1. The fourth-order valence-electron chi connectivity index (χ4n) is 5.30. The molecule has 0 radical (unpaired) electrons. The van der Waals surface area contributed by atoms with E-state index in [2.05, 4.69) is 40.6 Å². The minimum atomic E-state index is -0.520. The highest BCUT2D eigenvalue weighted by atomic mass is 35.5. The summed E-state index contributed by atoms with van der Waals surface area (Å²) in [7, 11) is 0. The summed E-state index contributed by atoms with van der Waals surface area (Å²) < 4.78 is 5.60. The highest BCUT2D eigenvalue weighted by molar-refractivity contribution is 6.42. The molecule has 0 spiro atoms. The molecule has 1 aliphatic heterocycles. The van der Waals surface area contributed by atoms with E-state index >= 15 is 0 Å². The molecule has 1 unspecified atom stereocenters. The zero-order chi connectivity index (χ0) is 29.1. The van der Waals surface area contributed by atoms with Crippen LogP contribution in [0.15, 0.2) is 60.7 Å². The van der Waals surface area contributed by atoms with Gasteiger partial charge in [-0.25, -0.2) is 9.78 Å². The minimum Gasteiger partial charge on any atom is -0.444 e. The zero-order valence-corrected chi connectivity index (χ0v) is 24.9. The Balaban J connectivity index is 1.36. The van der Waals surface area contributed by atoms with E-state index < -0.39 is 5.60 Å². The number of H-pyrrole nitrogens is 1. The number of aromatic amines is 1. The molecular weight excluding hydrogens is 557 g/mol. The maximum Gasteiger partial charge on any atom is 0.410 e. The van der Waals surface area contributed by atoms with Gasteiger partial charge in [-0.3, -0.25) is 0 Å². The number of hydrogen-bond donors (Lipinski definition) is 2. The first-order chi connectivity index (χ1) is 19.6. The van der Waals surface area contributed by atoms with Crippen LogP contribution in [0, 0.1) is 17.2 Å². The van der Waals surface area contributed by atoms with E-state index in [4.69, 9.17) is 32.9 Å². The van der Waals surface area contributed by atoms with Crippen LogP contribution in [0.25, 0.3) is 22.2 Å². The molecule has 4 aromatic rings. The van der Waals surface area contributed by atoms with Crippen molar-refractivity contribution < 1.29 is 9.53 Å². The molecule has 3 aromatic carbocycles. The van der Waals surface area contributed by atoms with Crippen molar-refractivity contribution in [2.75, 3.05) is 13.1 Å². The van der Waals surface area contributed by atoms with Crippen LogP contribution in [-0.4, -0.2) is 39.7 Å². The van der Waals surface area contributed by atoms with Crippen LogP contribution >= 0.6 is 23.2 Å². The van der Waals surface area contributed by atoms with Gasteiger partial charge in [-0.1, -0.05) is 59.6 Å². The second kappa shape index (κ2) is 12.1. The number of aromatic nitrogens is 2. The van der Waals surface area contributed by atoms with E-state index in [1.807, 2.05) is 39.0 Å². The summed E-state index contributed by atoms with van der Waals surface area (Å²) in [5.41, 5.74) is 4.93. The topological polar surface area (TPSA) is 94.0 Å². The van der Waals surface area contributed by atoms with Gasteiger partial charge in [-0.05, 0) is 80.5 Å². The summed E-state index contributed by atoms with van der Waals surface area (Å²) in [5.74, 6) is 1.09. The molecule has 0 bridgehead atoms. The molecule has 9 heteroatoms. The third-order valence-corrected chi connectivity index (χ3v) is 8.04. The zero-order valence-electron chi connectivity index (χ0n) is 23.4. The lowest BCUT2D eigenvalue weighted by Gasteiger charge is -2.37. The molecule has 1 amide bonds. The van der Waals surface area contributed by atoms with E-state index in [1.165, 1.54) is 0 Å². The number of ether oxygens (including phenoxy) is 1. The number of hydrogen-bond acceptors (Lipinski definition) is 5. The molecular formula is C32H33Cl2N5O2. The molecule has 1 aromatic heterocycles. The van der Waals surface area contributed by atoms with Gasteiger partial charge in [0.15, 0.2) is 0 Å². The van der Waals surface area contributed by atoms with Crippen LogP contribution in [0.4, 0.5) is 4.79 Å². The second-order valence-corrected chi connectivity index (χ2v) is 12.3. The molecule has 7 nitrogen and oxygen atoms in total. The maximum absolute atomic E-state index is 12.7. The van der Waals surface area contributed by atoms with E-state index in [1.54, 1.807) is 23.1 Å². The van der Waals surface area contributed by atoms with Crippen molar-refractivity contribution in [1.82, 2.24) is 20.2 Å². The summed E-state index contributed by atoms with van der Waals surface area (Å²) in [6.07, 6.45) is 1.42. The van der Waals surface area contributed by atoms with Crippen LogP contribution in [0.1, 0.15) is 56.6 Å². The van der Waals surface area contributed by atoms with E-state index in [0.29, 0.717) is 41.2 Å². The van der Waals surface area contributed by atoms with Gasteiger partial charge in [-0.15, -0.1) is 0 Å². The van der Waals surface area contributed by atoms with E-state index in [0.717, 1.165) is 46.4 Å². The van der Waals surface area contributed by atoms with Crippen molar-refractivity contribution in [3.63, 3.8) is 0 Å². The van der Waals surface area contributed by atoms with E-state index in [-0.39, 0.29) is 12.1 Å². The Morgan fingerprint density at radius 2 is 1.80 bits per heavy atom. The van der Waals surface area contributed by atoms with Crippen LogP contribution in [0.2, 0.25) is 10.0 Å². The number of amides is 1. The fraction of sp³-hybridized carbons (Fsp3) is 0.344. The second-order valence-electron chi connectivity index (χ2n) is 11.4. The maximum atomic E-state index is 12.7. The fourth-order valence-corrected chi connectivity index (χ4v) is 5.62. The molecule has 1 atom stereocenters. The number of benzene rings is 3. The van der Waals surface area contributed by atoms with E-state index in [9.17, 15) is 10.1 Å². The number of nitrogens with one attached hydrogen (secondary N) is 2. The smallest absolute Gasteiger partial charge is 0.410 e. The minimum absolute atomic E-state index is 0.0377. The van der Waals surface area contributed by atoms with Gasteiger partial charge in [0.1, 0.15) is 11.4 Å². The van der Waals surface area contributed by atoms with Gasteiger partial charge in [0.25, 0.3) is 0 Å². The number of nitrogens with zero attached hydrogens (tertiary/aromatic N) is 3. The van der Waals surface area contributed by atoms with Crippen molar-refractivity contribution >= 4 is 40.3 Å². The van der Waals surface area contributed by atoms with Crippen molar-refractivity contribution in [1.29, 1.82) is 5.26 Å². The SMILES string of the molecule is CC(C)(C)OC(=O)N1CCC(C(NCc2nc3cc(Cl)c(Cl)cc3[nH]2)c2ccc(-c3cccc(C#N)c3)cc2)CC1. The van der Waals surface area contributed by atoms with Gasteiger partial charge in [0.05, 0.1) is 39.3 Å². The number of nitriles is 1. The van der Waals surface area contributed by atoms with Gasteiger partial charge >= 0.3 is 6.09 Å². The summed E-state index contributed by atoms with van der Waals surface area (Å²) in [6, 6.07) is 21.9. The molecule has 1 saturated heterocycles. The molecule has 2 N–H and O–H groups in total. The average molecular weight is 591 g/mol. The summed E-state index contributed by atoms with van der Waals surface area (Å²) >= 11 is 12.4. The van der Waals surface area contributed by atoms with Crippen LogP contribution in [0.5, 0.6) is 0 Å². The van der Waals surface area contributed by atoms with Crippen molar-refractivity contribution in [3.8, 4) is 17.2 Å². The third kappa shape index (κ3) is 7.02. The lowest BCUT2D eigenvalue weighted by atomic mass is 9.85. The lowest BCUT2D eigenvalue weighted by Crippen LogP contribution is -2.44. The Hall–Kier alpha value is -3.57. The highest BCUT2D eigenvalue weighted by Gasteiger charge is 2.31. The Morgan fingerprint density at radius 1 is 1.10 bits per heavy atom. The van der Waals surface area contributed by atoms with Crippen molar-refractivity contribution in [3.05, 3.63) is 87.7 Å². The molecule has 212 valence electrons. The number of fused-ring (bicyclic) bond motifs is 1. The first-order valence-electron chi connectivity index (χ1n) is 13.7. The number of carbonyl (C=O) groups is 1. The van der Waals surface area contributed by atoms with Crippen LogP contribution in [-0.2, 0) is 11.3 Å². The Kier molecular flexibility index (Phi) is 8.55. The average Bonchev–Trinajstić information content (AvgIpc) is 3.34. The number of carbonyl (C=O) groups excluding carboxylic acids is 1. The summed E-state index contributed by atoms with van der Waals surface area (Å²) in [4.78, 5) is 22.5. The van der Waals surface area contributed by atoms with Gasteiger partial charge in [0.2, 0.25) is 0 Å². The predicted molar refractivity (Wildman–Crippen MR) is 163 cm³/mol. The molecule has 1 fully saturated rings. The Labute approximate surface area is 250 Å². The first-order valence-corrected chi connectivity index (χ1v) is 14.5. The molecule has 1 aliphatic rings. The number of halogens is 2. The summed E-state index contributed by atoms with van der Waals surface area (Å²) in [5, 5.41) is 14.0. The normalized spacial score (nSPS) is 15.1. The molecule has 5 rings (SSSR count). The van der Waals surface area contributed by atoms with Gasteiger partial charge < -0.3 is 19.9 Å². The molecule has 0 saturated carbocycles.